The minimum absolute atomic E-state index is 0.169. The number of imidazole rings is 1. The van der Waals surface area contributed by atoms with E-state index in [1.54, 1.807) is 12.3 Å². The number of fused-ring (bicyclic) bond motifs is 1. The molecule has 2 heterocycles. The fourth-order valence-corrected chi connectivity index (χ4v) is 2.68. The number of hydrogen-bond donors (Lipinski definition) is 1. The molecular weight excluding hydrogens is 318 g/mol. The first-order valence-corrected chi connectivity index (χ1v) is 8.04. The summed E-state index contributed by atoms with van der Waals surface area (Å²) in [6, 6.07) is 17.3. The van der Waals surface area contributed by atoms with Crippen molar-refractivity contribution in [2.45, 2.75) is 12.6 Å². The van der Waals surface area contributed by atoms with E-state index in [0.29, 0.717) is 24.0 Å². The molecule has 1 atom stereocenters. The Morgan fingerprint density at radius 1 is 1.12 bits per heavy atom. The van der Waals surface area contributed by atoms with Crippen molar-refractivity contribution in [3.8, 4) is 11.5 Å². The van der Waals surface area contributed by atoms with E-state index in [2.05, 4.69) is 10.3 Å². The molecule has 0 unspecified atom stereocenters. The Kier molecular flexibility index (Phi) is 4.08. The number of nitrogens with zero attached hydrogens (tertiary/aromatic N) is 2. The molecule has 0 saturated heterocycles. The van der Waals surface area contributed by atoms with Crippen LogP contribution in [-0.2, 0) is 11.3 Å². The quantitative estimate of drug-likeness (QED) is 0.796. The van der Waals surface area contributed by atoms with Crippen LogP contribution >= 0.6 is 0 Å². The van der Waals surface area contributed by atoms with Crippen LogP contribution in [0.25, 0.3) is 0 Å². The van der Waals surface area contributed by atoms with Crippen LogP contribution in [0.5, 0.6) is 11.5 Å². The molecule has 1 aliphatic heterocycles. The minimum atomic E-state index is -0.711. The highest BCUT2D eigenvalue weighted by Crippen LogP contribution is 2.31. The third-order valence-corrected chi connectivity index (χ3v) is 3.95. The Balaban J connectivity index is 1.45. The predicted octanol–water partition coefficient (Wildman–Crippen LogP) is 2.71. The van der Waals surface area contributed by atoms with Gasteiger partial charge in [0.05, 0.1) is 6.54 Å². The van der Waals surface area contributed by atoms with Crippen LogP contribution in [0.15, 0.2) is 67.0 Å². The molecule has 6 heteroatoms. The van der Waals surface area contributed by atoms with E-state index < -0.39 is 6.10 Å². The zero-order chi connectivity index (χ0) is 17.1. The van der Waals surface area contributed by atoms with Crippen LogP contribution in [0.4, 0.5) is 5.95 Å². The number of anilines is 1. The largest absolute Gasteiger partial charge is 0.485 e. The van der Waals surface area contributed by atoms with E-state index in [1.165, 1.54) is 0 Å². The number of para-hydroxylation sites is 2. The van der Waals surface area contributed by atoms with Gasteiger partial charge in [-0.05, 0) is 17.7 Å². The molecule has 0 aliphatic carbocycles. The van der Waals surface area contributed by atoms with Gasteiger partial charge in [0, 0.05) is 12.4 Å². The van der Waals surface area contributed by atoms with Gasteiger partial charge in [-0.25, -0.2) is 4.98 Å². The van der Waals surface area contributed by atoms with Gasteiger partial charge in [0.2, 0.25) is 12.1 Å². The van der Waals surface area contributed by atoms with Crippen molar-refractivity contribution in [1.29, 1.82) is 0 Å². The lowest BCUT2D eigenvalue weighted by Crippen LogP contribution is -2.40. The molecule has 3 aromatic rings. The Morgan fingerprint density at radius 2 is 1.88 bits per heavy atom. The Labute approximate surface area is 145 Å². The van der Waals surface area contributed by atoms with Crippen LogP contribution in [0.1, 0.15) is 5.56 Å². The molecule has 1 N–H and O–H groups in total. The molecule has 0 saturated carbocycles. The Bertz CT molecular complexity index is 876. The summed E-state index contributed by atoms with van der Waals surface area (Å²) in [5.74, 6) is 1.42. The van der Waals surface area contributed by atoms with E-state index >= 15 is 0 Å². The summed E-state index contributed by atoms with van der Waals surface area (Å²) in [5.41, 5.74) is 1.13. The van der Waals surface area contributed by atoms with E-state index in [4.69, 9.17) is 9.47 Å². The highest BCUT2D eigenvalue weighted by Gasteiger charge is 2.28. The molecule has 6 nitrogen and oxygen atoms in total. The lowest BCUT2D eigenvalue weighted by Gasteiger charge is -2.25. The molecule has 1 aromatic heterocycles. The maximum atomic E-state index is 12.5. The number of nitrogens with one attached hydrogen (secondary N) is 1. The van der Waals surface area contributed by atoms with Crippen LogP contribution in [-0.4, -0.2) is 28.2 Å². The third kappa shape index (κ3) is 3.33. The molecule has 126 valence electrons. The summed E-state index contributed by atoms with van der Waals surface area (Å²) >= 11 is 0. The standard InChI is InChI=1S/C19H17N3O3/c23-18(17-13-24-15-8-4-5-9-16(15)25-17)21-19-20-10-11-22(19)12-14-6-2-1-3-7-14/h1-11,17H,12-13H2,(H,20,21,23)/t17-/m0/s1. The molecule has 0 radical (unpaired) electrons. The zero-order valence-corrected chi connectivity index (χ0v) is 13.5. The zero-order valence-electron chi connectivity index (χ0n) is 13.5. The molecule has 4 rings (SSSR count). The van der Waals surface area contributed by atoms with E-state index in [-0.39, 0.29) is 12.5 Å². The van der Waals surface area contributed by atoms with Gasteiger partial charge in [0.15, 0.2) is 11.5 Å². The average molecular weight is 335 g/mol. The van der Waals surface area contributed by atoms with Gasteiger partial charge < -0.3 is 14.0 Å². The highest BCUT2D eigenvalue weighted by atomic mass is 16.6. The van der Waals surface area contributed by atoms with Crippen molar-refractivity contribution in [2.75, 3.05) is 11.9 Å². The topological polar surface area (TPSA) is 65.4 Å². The number of carbonyl (C=O) groups is 1. The second kappa shape index (κ2) is 6.68. The van der Waals surface area contributed by atoms with Crippen LogP contribution in [0.3, 0.4) is 0 Å². The number of rotatable bonds is 4. The van der Waals surface area contributed by atoms with Crippen molar-refractivity contribution >= 4 is 11.9 Å². The number of amides is 1. The van der Waals surface area contributed by atoms with Gasteiger partial charge in [0.1, 0.15) is 6.61 Å². The van der Waals surface area contributed by atoms with Crippen molar-refractivity contribution in [2.24, 2.45) is 0 Å². The summed E-state index contributed by atoms with van der Waals surface area (Å²) < 4.78 is 13.2. The lowest BCUT2D eigenvalue weighted by molar-refractivity contribution is -0.125. The lowest BCUT2D eigenvalue weighted by atomic mass is 10.2. The summed E-state index contributed by atoms with van der Waals surface area (Å²) in [4.78, 5) is 16.7. The third-order valence-electron chi connectivity index (χ3n) is 3.95. The van der Waals surface area contributed by atoms with Crippen molar-refractivity contribution in [3.05, 3.63) is 72.6 Å². The first kappa shape index (κ1) is 15.3. The first-order valence-electron chi connectivity index (χ1n) is 8.04. The van der Waals surface area contributed by atoms with Gasteiger partial charge in [-0.2, -0.15) is 0 Å². The maximum absolute atomic E-state index is 12.5. The predicted molar refractivity (Wildman–Crippen MR) is 92.8 cm³/mol. The van der Waals surface area contributed by atoms with Crippen LogP contribution in [0.2, 0.25) is 0 Å². The molecule has 2 aromatic carbocycles. The smallest absolute Gasteiger partial charge is 0.271 e. The monoisotopic (exact) mass is 335 g/mol. The Hall–Kier alpha value is -3.28. The van der Waals surface area contributed by atoms with Gasteiger partial charge in [-0.15, -0.1) is 0 Å². The summed E-state index contributed by atoms with van der Waals surface area (Å²) in [5, 5.41) is 2.82. The fourth-order valence-electron chi connectivity index (χ4n) is 2.68. The molecule has 0 fully saturated rings. The number of benzene rings is 2. The summed E-state index contributed by atoms with van der Waals surface area (Å²) in [6.07, 6.45) is 2.78. The fraction of sp³-hybridized carbons (Fsp3) is 0.158. The second-order valence-corrected chi connectivity index (χ2v) is 5.72. The van der Waals surface area contributed by atoms with E-state index in [0.717, 1.165) is 5.56 Å². The summed E-state index contributed by atoms with van der Waals surface area (Å²) in [7, 11) is 0. The van der Waals surface area contributed by atoms with Crippen molar-refractivity contribution in [3.63, 3.8) is 0 Å². The molecule has 1 aliphatic rings. The van der Waals surface area contributed by atoms with Gasteiger partial charge in [0.25, 0.3) is 5.91 Å². The summed E-state index contributed by atoms with van der Waals surface area (Å²) in [6.45, 7) is 0.795. The van der Waals surface area contributed by atoms with Crippen molar-refractivity contribution < 1.29 is 14.3 Å². The van der Waals surface area contributed by atoms with Gasteiger partial charge in [-0.3, -0.25) is 10.1 Å². The molecule has 25 heavy (non-hydrogen) atoms. The Morgan fingerprint density at radius 3 is 2.72 bits per heavy atom. The van der Waals surface area contributed by atoms with Crippen LogP contribution < -0.4 is 14.8 Å². The SMILES string of the molecule is O=C(Nc1nccn1Cc1ccccc1)[C@@H]1COc2ccccc2O1. The first-order chi connectivity index (χ1) is 12.3. The van der Waals surface area contributed by atoms with Gasteiger partial charge >= 0.3 is 0 Å². The van der Waals surface area contributed by atoms with E-state index in [1.807, 2.05) is 59.3 Å². The highest BCUT2D eigenvalue weighted by molar-refractivity contribution is 5.93. The number of aromatic nitrogens is 2. The van der Waals surface area contributed by atoms with Crippen LogP contribution in [0, 0.1) is 0 Å². The molecular formula is C19H17N3O3. The average Bonchev–Trinajstić information content (AvgIpc) is 3.08. The minimum Gasteiger partial charge on any atom is -0.485 e. The molecule has 1 amide bonds. The maximum Gasteiger partial charge on any atom is 0.271 e. The molecule has 0 bridgehead atoms. The normalized spacial score (nSPS) is 15.6. The number of ether oxygens (including phenoxy) is 2. The number of hydrogen-bond acceptors (Lipinski definition) is 4. The molecule has 0 spiro atoms. The number of carbonyl (C=O) groups excluding carboxylic acids is 1. The van der Waals surface area contributed by atoms with Crippen molar-refractivity contribution in [1.82, 2.24) is 9.55 Å². The second-order valence-electron chi connectivity index (χ2n) is 5.72. The van der Waals surface area contributed by atoms with Gasteiger partial charge in [-0.1, -0.05) is 42.5 Å². The van der Waals surface area contributed by atoms with E-state index in [9.17, 15) is 4.79 Å².